The number of thiophene rings is 1. The van der Waals surface area contributed by atoms with Crippen LogP contribution in [0.2, 0.25) is 5.02 Å². The highest BCUT2D eigenvalue weighted by Gasteiger charge is 2.22. The van der Waals surface area contributed by atoms with E-state index in [9.17, 15) is 4.79 Å². The molecule has 1 amide bonds. The Kier molecular flexibility index (Phi) is 7.99. The lowest BCUT2D eigenvalue weighted by Gasteiger charge is -2.32. The summed E-state index contributed by atoms with van der Waals surface area (Å²) < 4.78 is 5.70. The van der Waals surface area contributed by atoms with Crippen molar-refractivity contribution in [1.82, 2.24) is 25.2 Å². The number of piperidine rings is 1. The maximum atomic E-state index is 12.2. The van der Waals surface area contributed by atoms with Crippen LogP contribution in [0, 0.1) is 0 Å². The van der Waals surface area contributed by atoms with E-state index in [4.69, 9.17) is 21.3 Å². The van der Waals surface area contributed by atoms with Crippen molar-refractivity contribution in [3.8, 4) is 17.1 Å². The number of H-pyrrole nitrogens is 1. The minimum Gasteiger partial charge on any atom is -0.484 e. The molecule has 4 aromatic rings. The number of aromatic nitrogens is 3. The average Bonchev–Trinajstić information content (AvgIpc) is 3.73. The van der Waals surface area contributed by atoms with Crippen LogP contribution in [0.3, 0.4) is 0 Å². The number of anilines is 1. The molecule has 10 heteroatoms. The number of pyridine rings is 1. The standard InChI is InChI=1S/C29H33ClN6O2S/c30-24-16-31-29-27(26(24)33-21-11-13-36(14-12-21)17-23-6-3-15-39-23)34-28(35-29)19-7-9-22(10-8-19)38-18-25(37)32-20-4-1-2-5-20/h3,6-10,15-16,20-21H,1-2,4-5,11-14,17-18H2,(H,32,37)(H2,31,33,34,35). The molecule has 1 saturated carbocycles. The summed E-state index contributed by atoms with van der Waals surface area (Å²) >= 11 is 8.42. The minimum atomic E-state index is -0.0700. The molecular weight excluding hydrogens is 532 g/mol. The number of rotatable bonds is 9. The Hall–Kier alpha value is -3.14. The van der Waals surface area contributed by atoms with Crippen LogP contribution in [-0.2, 0) is 11.3 Å². The topological polar surface area (TPSA) is 95.2 Å². The Morgan fingerprint density at radius 3 is 2.64 bits per heavy atom. The zero-order valence-electron chi connectivity index (χ0n) is 21.8. The molecule has 1 aliphatic heterocycles. The van der Waals surface area contributed by atoms with Gasteiger partial charge in [0.05, 0.1) is 16.9 Å². The summed E-state index contributed by atoms with van der Waals surface area (Å²) in [7, 11) is 0. The second-order valence-corrected chi connectivity index (χ2v) is 11.8. The molecule has 8 nitrogen and oxygen atoms in total. The number of likely N-dealkylation sites (tertiary alicyclic amines) is 1. The first-order valence-electron chi connectivity index (χ1n) is 13.7. The van der Waals surface area contributed by atoms with Gasteiger partial charge in [-0.15, -0.1) is 11.3 Å². The molecule has 1 aromatic carbocycles. The monoisotopic (exact) mass is 564 g/mol. The predicted molar refractivity (Wildman–Crippen MR) is 156 cm³/mol. The van der Waals surface area contributed by atoms with Crippen LogP contribution in [-0.4, -0.2) is 57.5 Å². The fraction of sp³-hybridized carbons (Fsp3) is 0.414. The Balaban J connectivity index is 1.08. The minimum absolute atomic E-state index is 0.0187. The first-order chi connectivity index (χ1) is 19.1. The van der Waals surface area contributed by atoms with Crippen molar-refractivity contribution in [2.45, 2.75) is 57.2 Å². The number of hydrogen-bond donors (Lipinski definition) is 3. The van der Waals surface area contributed by atoms with E-state index >= 15 is 0 Å². The third kappa shape index (κ3) is 6.37. The van der Waals surface area contributed by atoms with Crippen molar-refractivity contribution in [2.24, 2.45) is 0 Å². The molecule has 6 rings (SSSR count). The van der Waals surface area contributed by atoms with Crippen LogP contribution < -0.4 is 15.4 Å². The van der Waals surface area contributed by atoms with Crippen molar-refractivity contribution < 1.29 is 9.53 Å². The Morgan fingerprint density at radius 1 is 1.10 bits per heavy atom. The van der Waals surface area contributed by atoms with Crippen LogP contribution in [0.15, 0.2) is 48.0 Å². The third-order valence-corrected chi connectivity index (χ3v) is 8.73. The Labute approximate surface area is 237 Å². The van der Waals surface area contributed by atoms with E-state index < -0.39 is 0 Å². The number of imidazole rings is 1. The molecule has 1 aliphatic carbocycles. The van der Waals surface area contributed by atoms with E-state index in [-0.39, 0.29) is 12.5 Å². The van der Waals surface area contributed by atoms with Crippen molar-refractivity contribution in [1.29, 1.82) is 0 Å². The fourth-order valence-electron chi connectivity index (χ4n) is 5.47. The number of ether oxygens (including phenoxy) is 1. The van der Waals surface area contributed by atoms with E-state index in [0.717, 1.165) is 62.1 Å². The summed E-state index contributed by atoms with van der Waals surface area (Å²) in [5, 5.41) is 9.44. The molecule has 0 spiro atoms. The maximum absolute atomic E-state index is 12.2. The van der Waals surface area contributed by atoms with Gasteiger partial charge in [0.25, 0.3) is 5.91 Å². The smallest absolute Gasteiger partial charge is 0.258 e. The number of carbonyl (C=O) groups is 1. The van der Waals surface area contributed by atoms with Gasteiger partial charge in [0.15, 0.2) is 12.3 Å². The van der Waals surface area contributed by atoms with E-state index in [1.165, 1.54) is 17.7 Å². The molecule has 3 aromatic heterocycles. The number of amides is 1. The number of halogens is 1. The maximum Gasteiger partial charge on any atom is 0.258 e. The lowest BCUT2D eigenvalue weighted by molar-refractivity contribution is -0.123. The van der Waals surface area contributed by atoms with Gasteiger partial charge in [-0.05, 0) is 61.4 Å². The number of aromatic amines is 1. The summed E-state index contributed by atoms with van der Waals surface area (Å²) in [4.78, 5) is 28.7. The van der Waals surface area contributed by atoms with Gasteiger partial charge >= 0.3 is 0 Å². The number of fused-ring (bicyclic) bond motifs is 1. The van der Waals surface area contributed by atoms with E-state index in [2.05, 4.69) is 43.0 Å². The third-order valence-electron chi connectivity index (χ3n) is 7.59. The van der Waals surface area contributed by atoms with Gasteiger partial charge in [-0.1, -0.05) is 30.5 Å². The second-order valence-electron chi connectivity index (χ2n) is 10.4. The SMILES string of the molecule is O=C(COc1ccc(-c2nc3ncc(Cl)c(NC4CCN(Cc5cccs5)CC4)c3[nH]2)cc1)NC1CCCC1. The van der Waals surface area contributed by atoms with Gasteiger partial charge in [-0.2, -0.15) is 0 Å². The molecule has 0 unspecified atom stereocenters. The van der Waals surface area contributed by atoms with Crippen LogP contribution in [0.1, 0.15) is 43.4 Å². The molecule has 3 N–H and O–H groups in total. The molecule has 0 radical (unpaired) electrons. The van der Waals surface area contributed by atoms with E-state index in [1.807, 2.05) is 35.6 Å². The largest absolute Gasteiger partial charge is 0.484 e. The van der Waals surface area contributed by atoms with Crippen molar-refractivity contribution in [3.05, 3.63) is 57.9 Å². The molecule has 39 heavy (non-hydrogen) atoms. The zero-order chi connectivity index (χ0) is 26.6. The summed E-state index contributed by atoms with van der Waals surface area (Å²) in [6.07, 6.45) is 8.25. The first kappa shape index (κ1) is 26.1. The van der Waals surface area contributed by atoms with Gasteiger partial charge in [0, 0.05) is 42.2 Å². The van der Waals surface area contributed by atoms with Crippen LogP contribution in [0.25, 0.3) is 22.6 Å². The highest BCUT2D eigenvalue weighted by Crippen LogP contribution is 2.32. The zero-order valence-corrected chi connectivity index (χ0v) is 23.4. The average molecular weight is 565 g/mol. The van der Waals surface area contributed by atoms with Gasteiger partial charge in [-0.3, -0.25) is 9.69 Å². The highest BCUT2D eigenvalue weighted by atomic mass is 35.5. The first-order valence-corrected chi connectivity index (χ1v) is 14.9. The van der Waals surface area contributed by atoms with Gasteiger partial charge < -0.3 is 20.4 Å². The normalized spacial score (nSPS) is 17.1. The van der Waals surface area contributed by atoms with Gasteiger partial charge in [0.2, 0.25) is 0 Å². The molecular formula is C29H33ClN6O2S. The molecule has 0 atom stereocenters. The molecule has 4 heterocycles. The number of nitrogens with zero attached hydrogens (tertiary/aromatic N) is 3. The van der Waals surface area contributed by atoms with E-state index in [1.54, 1.807) is 6.20 Å². The molecule has 0 bridgehead atoms. The molecule has 1 saturated heterocycles. The molecule has 204 valence electrons. The predicted octanol–water partition coefficient (Wildman–Crippen LogP) is 5.85. The molecule has 2 fully saturated rings. The summed E-state index contributed by atoms with van der Waals surface area (Å²) in [5.74, 6) is 1.28. The highest BCUT2D eigenvalue weighted by molar-refractivity contribution is 7.09. The van der Waals surface area contributed by atoms with Crippen LogP contribution in [0.5, 0.6) is 5.75 Å². The Bertz CT molecular complexity index is 1390. The second kappa shape index (κ2) is 11.9. The number of hydrogen-bond acceptors (Lipinski definition) is 7. The van der Waals surface area contributed by atoms with Crippen LogP contribution >= 0.6 is 22.9 Å². The lowest BCUT2D eigenvalue weighted by Crippen LogP contribution is -2.38. The van der Waals surface area contributed by atoms with E-state index in [0.29, 0.717) is 34.3 Å². The van der Waals surface area contributed by atoms with Gasteiger partial charge in [0.1, 0.15) is 17.1 Å². The number of benzene rings is 1. The van der Waals surface area contributed by atoms with Crippen LogP contribution in [0.4, 0.5) is 5.69 Å². The van der Waals surface area contributed by atoms with Crippen molar-refractivity contribution >= 4 is 45.7 Å². The molecule has 2 aliphatic rings. The quantitative estimate of drug-likeness (QED) is 0.236. The van der Waals surface area contributed by atoms with Crippen molar-refractivity contribution in [3.63, 3.8) is 0 Å². The fourth-order valence-corrected chi connectivity index (χ4v) is 6.42. The summed E-state index contributed by atoms with van der Waals surface area (Å²) in [6.45, 7) is 3.13. The number of nitrogens with one attached hydrogen (secondary N) is 3. The number of carbonyl (C=O) groups excluding carboxylic acids is 1. The lowest BCUT2D eigenvalue weighted by atomic mass is 10.0. The van der Waals surface area contributed by atoms with Crippen molar-refractivity contribution in [2.75, 3.05) is 25.0 Å². The Morgan fingerprint density at radius 2 is 1.90 bits per heavy atom. The summed E-state index contributed by atoms with van der Waals surface area (Å²) in [5.41, 5.74) is 3.18. The van der Waals surface area contributed by atoms with Gasteiger partial charge in [-0.25, -0.2) is 9.97 Å². The summed E-state index contributed by atoms with van der Waals surface area (Å²) in [6, 6.07) is 12.5.